The van der Waals surface area contributed by atoms with Gasteiger partial charge in [-0.05, 0) is 18.3 Å². The van der Waals surface area contributed by atoms with E-state index in [0.717, 1.165) is 0 Å². The number of carbonyl (C=O) groups excluding carboxylic acids is 3. The molecule has 9 heteroatoms. The van der Waals surface area contributed by atoms with Crippen LogP contribution in [0.25, 0.3) is 0 Å². The van der Waals surface area contributed by atoms with Crippen molar-refractivity contribution in [3.05, 3.63) is 0 Å². The molecule has 26 heavy (non-hydrogen) atoms. The summed E-state index contributed by atoms with van der Waals surface area (Å²) < 4.78 is 0. The van der Waals surface area contributed by atoms with E-state index in [1.54, 1.807) is 6.92 Å². The van der Waals surface area contributed by atoms with Crippen LogP contribution in [0.15, 0.2) is 0 Å². The van der Waals surface area contributed by atoms with Crippen LogP contribution in [0.3, 0.4) is 0 Å². The summed E-state index contributed by atoms with van der Waals surface area (Å²) in [6, 6.07) is -2.94. The molecule has 0 spiro atoms. The number of carbonyl (C=O) groups is 4. The molecule has 0 radical (unpaired) electrons. The molecule has 150 valence electrons. The molecule has 0 aliphatic rings. The van der Waals surface area contributed by atoms with Gasteiger partial charge in [0.2, 0.25) is 17.7 Å². The fraction of sp³-hybridized carbons (Fsp3) is 0.765. The summed E-state index contributed by atoms with van der Waals surface area (Å²) in [7, 11) is 0. The summed E-state index contributed by atoms with van der Waals surface area (Å²) in [5, 5.41) is 14.2. The number of rotatable bonds is 12. The maximum absolute atomic E-state index is 12.6. The molecule has 0 saturated carbocycles. The summed E-state index contributed by atoms with van der Waals surface area (Å²) in [6.07, 6.45) is 1.01. The Bertz CT molecular complexity index is 511. The molecule has 0 aromatic rings. The third-order valence-electron chi connectivity index (χ3n) is 4.65. The van der Waals surface area contributed by atoms with E-state index in [2.05, 4.69) is 10.6 Å². The maximum Gasteiger partial charge on any atom is 0.326 e. The van der Waals surface area contributed by atoms with Crippen molar-refractivity contribution in [3.8, 4) is 0 Å². The van der Waals surface area contributed by atoms with E-state index in [1.165, 1.54) is 0 Å². The molecule has 5 atom stereocenters. The Morgan fingerprint density at radius 1 is 0.962 bits per heavy atom. The summed E-state index contributed by atoms with van der Waals surface area (Å²) >= 11 is 0. The van der Waals surface area contributed by atoms with Crippen molar-refractivity contribution in [3.63, 3.8) is 0 Å². The molecule has 0 heterocycles. The topological polar surface area (TPSA) is 165 Å². The highest BCUT2D eigenvalue weighted by atomic mass is 16.4. The van der Waals surface area contributed by atoms with Crippen LogP contribution in [0.5, 0.6) is 0 Å². The molecule has 0 fully saturated rings. The molecule has 0 aliphatic carbocycles. The van der Waals surface area contributed by atoms with Crippen molar-refractivity contribution in [1.29, 1.82) is 0 Å². The highest BCUT2D eigenvalue weighted by molar-refractivity contribution is 5.92. The predicted molar refractivity (Wildman–Crippen MR) is 96.8 cm³/mol. The predicted octanol–water partition coefficient (Wildman–Crippen LogP) is -0.274. The van der Waals surface area contributed by atoms with E-state index >= 15 is 0 Å². The van der Waals surface area contributed by atoms with Crippen molar-refractivity contribution >= 4 is 23.7 Å². The Morgan fingerprint density at radius 3 is 1.92 bits per heavy atom. The first kappa shape index (κ1) is 23.8. The van der Waals surface area contributed by atoms with Crippen LogP contribution in [0, 0.1) is 11.8 Å². The number of aliphatic carboxylic acids is 1. The normalized spacial score (nSPS) is 16.7. The van der Waals surface area contributed by atoms with Crippen molar-refractivity contribution in [2.24, 2.45) is 23.3 Å². The molecule has 0 saturated heterocycles. The minimum absolute atomic E-state index is 0.0574. The zero-order valence-electron chi connectivity index (χ0n) is 16.0. The second kappa shape index (κ2) is 11.5. The number of hydrogen-bond acceptors (Lipinski definition) is 5. The zero-order valence-corrected chi connectivity index (χ0v) is 16.0. The number of primary amides is 1. The van der Waals surface area contributed by atoms with Crippen LogP contribution in [-0.4, -0.2) is 46.9 Å². The average molecular weight is 372 g/mol. The Morgan fingerprint density at radius 2 is 1.50 bits per heavy atom. The first-order valence-electron chi connectivity index (χ1n) is 8.92. The summed E-state index contributed by atoms with van der Waals surface area (Å²) in [5.41, 5.74) is 10.9. The fourth-order valence-electron chi connectivity index (χ4n) is 2.27. The molecular formula is C17H32N4O5. The molecule has 0 unspecified atom stereocenters. The summed E-state index contributed by atoms with van der Waals surface area (Å²) in [4.78, 5) is 47.0. The van der Waals surface area contributed by atoms with E-state index in [4.69, 9.17) is 11.5 Å². The molecule has 0 bridgehead atoms. The molecule has 0 aliphatic heterocycles. The van der Waals surface area contributed by atoms with E-state index in [-0.39, 0.29) is 24.7 Å². The lowest BCUT2D eigenvalue weighted by Gasteiger charge is -2.27. The molecule has 7 N–H and O–H groups in total. The minimum atomic E-state index is -1.27. The molecule has 0 aromatic heterocycles. The lowest BCUT2D eigenvalue weighted by molar-refractivity contribution is -0.142. The Hall–Kier alpha value is -2.16. The van der Waals surface area contributed by atoms with Gasteiger partial charge < -0.3 is 27.2 Å². The minimum Gasteiger partial charge on any atom is -0.480 e. The van der Waals surface area contributed by atoms with E-state index in [0.29, 0.717) is 12.8 Å². The second-order valence-electron chi connectivity index (χ2n) is 6.69. The van der Waals surface area contributed by atoms with Crippen LogP contribution in [0.4, 0.5) is 0 Å². The summed E-state index contributed by atoms with van der Waals surface area (Å²) in [6.45, 7) is 7.38. The Kier molecular flexibility index (Phi) is 10.5. The quantitative estimate of drug-likeness (QED) is 0.316. The first-order valence-corrected chi connectivity index (χ1v) is 8.92. The highest BCUT2D eigenvalue weighted by Gasteiger charge is 2.31. The van der Waals surface area contributed by atoms with Gasteiger partial charge in [0, 0.05) is 6.42 Å². The molecule has 0 aromatic carbocycles. The van der Waals surface area contributed by atoms with Crippen molar-refractivity contribution < 1.29 is 24.3 Å². The first-order chi connectivity index (χ1) is 12.0. The molecule has 3 amide bonds. The smallest absolute Gasteiger partial charge is 0.326 e. The van der Waals surface area contributed by atoms with Gasteiger partial charge in [-0.15, -0.1) is 0 Å². The van der Waals surface area contributed by atoms with Gasteiger partial charge in [-0.1, -0.05) is 40.5 Å². The molecular weight excluding hydrogens is 340 g/mol. The molecule has 9 nitrogen and oxygen atoms in total. The summed E-state index contributed by atoms with van der Waals surface area (Å²) in [5.74, 6) is -3.29. The standard InChI is InChI=1S/C17H32N4O5/c1-5-9(3)13(19)15(23)21-14(10(4)6-2)16(24)20-11(17(25)26)7-8-12(18)22/h9-11,13-14H,5-8,19H2,1-4H3,(H2,18,22)(H,20,24)(H,21,23)(H,25,26)/t9-,10-,11-,13-,14-/m0/s1. The van der Waals surface area contributed by atoms with Crippen molar-refractivity contribution in [1.82, 2.24) is 10.6 Å². The van der Waals surface area contributed by atoms with Crippen LogP contribution in [0.1, 0.15) is 53.4 Å². The van der Waals surface area contributed by atoms with Gasteiger partial charge in [0.25, 0.3) is 0 Å². The van der Waals surface area contributed by atoms with E-state index in [1.807, 2.05) is 20.8 Å². The maximum atomic E-state index is 12.6. The SMILES string of the molecule is CC[C@H](C)[C@H](N)C(=O)N[C@H](C(=O)N[C@@H](CCC(N)=O)C(=O)O)[C@@H](C)CC. The van der Waals surface area contributed by atoms with Gasteiger partial charge >= 0.3 is 5.97 Å². The lowest BCUT2D eigenvalue weighted by Crippen LogP contribution is -2.57. The zero-order chi connectivity index (χ0) is 20.4. The number of carboxylic acid groups (broad SMARTS) is 1. The average Bonchev–Trinajstić information content (AvgIpc) is 2.59. The Labute approximate surface area is 154 Å². The van der Waals surface area contributed by atoms with Gasteiger partial charge in [-0.25, -0.2) is 4.79 Å². The highest BCUT2D eigenvalue weighted by Crippen LogP contribution is 2.11. The second-order valence-corrected chi connectivity index (χ2v) is 6.69. The van der Waals surface area contributed by atoms with E-state index < -0.39 is 41.8 Å². The number of nitrogens with two attached hydrogens (primary N) is 2. The third-order valence-corrected chi connectivity index (χ3v) is 4.65. The van der Waals surface area contributed by atoms with Crippen LogP contribution in [-0.2, 0) is 19.2 Å². The van der Waals surface area contributed by atoms with Gasteiger partial charge in [0.05, 0.1) is 6.04 Å². The monoisotopic (exact) mass is 372 g/mol. The number of carboxylic acids is 1. The van der Waals surface area contributed by atoms with Gasteiger partial charge in [-0.3, -0.25) is 14.4 Å². The fourth-order valence-corrected chi connectivity index (χ4v) is 2.27. The third kappa shape index (κ3) is 7.81. The van der Waals surface area contributed by atoms with Gasteiger partial charge in [0.15, 0.2) is 0 Å². The largest absolute Gasteiger partial charge is 0.480 e. The van der Waals surface area contributed by atoms with Gasteiger partial charge in [-0.2, -0.15) is 0 Å². The van der Waals surface area contributed by atoms with Crippen LogP contribution in [0.2, 0.25) is 0 Å². The number of nitrogens with one attached hydrogen (secondary N) is 2. The van der Waals surface area contributed by atoms with Crippen LogP contribution >= 0.6 is 0 Å². The van der Waals surface area contributed by atoms with Crippen molar-refractivity contribution in [2.45, 2.75) is 71.5 Å². The lowest BCUT2D eigenvalue weighted by atomic mass is 9.95. The number of hydrogen-bond donors (Lipinski definition) is 5. The number of amides is 3. The molecule has 0 rings (SSSR count). The van der Waals surface area contributed by atoms with E-state index in [9.17, 15) is 24.3 Å². The van der Waals surface area contributed by atoms with Gasteiger partial charge in [0.1, 0.15) is 12.1 Å². The Balaban J connectivity index is 5.15. The van der Waals surface area contributed by atoms with Crippen molar-refractivity contribution in [2.75, 3.05) is 0 Å². The van der Waals surface area contributed by atoms with Crippen LogP contribution < -0.4 is 22.1 Å².